The molecule has 2 amide bonds. The van der Waals surface area contributed by atoms with Crippen LogP contribution in [0.25, 0.3) is 0 Å². The Labute approximate surface area is 229 Å². The van der Waals surface area contributed by atoms with Crippen LogP contribution in [0.1, 0.15) is 28.4 Å². The van der Waals surface area contributed by atoms with Gasteiger partial charge < -0.3 is 14.8 Å². The minimum Gasteiger partial charge on any atom is -0.465 e. The van der Waals surface area contributed by atoms with Gasteiger partial charge in [-0.05, 0) is 43.3 Å². The molecular weight excluding hydrogens is 531 g/mol. The lowest BCUT2D eigenvalue weighted by atomic mass is 10.1. The molecule has 214 valence electrons. The summed E-state index contributed by atoms with van der Waals surface area (Å²) >= 11 is 0. The predicted molar refractivity (Wildman–Crippen MR) is 139 cm³/mol. The second-order valence-electron chi connectivity index (χ2n) is 9.42. The molecule has 40 heavy (non-hydrogen) atoms. The van der Waals surface area contributed by atoms with Crippen molar-refractivity contribution in [1.82, 2.24) is 15.1 Å². The molecule has 2 saturated heterocycles. The Bertz CT molecular complexity index is 1250. The monoisotopic (exact) mass is 561 g/mol. The number of hydrogen-bond acceptors (Lipinski definition) is 8. The summed E-state index contributed by atoms with van der Waals surface area (Å²) in [4.78, 5) is 42.3. The minimum absolute atomic E-state index is 0.244. The molecule has 0 aliphatic carbocycles. The maximum absolute atomic E-state index is 13.2. The third-order valence-electron chi connectivity index (χ3n) is 6.64. The molecule has 1 atom stereocenters. The molecule has 2 aromatic rings. The number of nitrogens with zero attached hydrogens (tertiary/aromatic N) is 3. The molecule has 0 saturated carbocycles. The zero-order chi connectivity index (χ0) is 28.9. The first-order valence-corrected chi connectivity index (χ1v) is 12.8. The van der Waals surface area contributed by atoms with Crippen LogP contribution in [0.4, 0.5) is 23.7 Å². The molecular formula is C27H30F3N5O5. The van der Waals surface area contributed by atoms with Crippen molar-refractivity contribution >= 4 is 29.5 Å². The summed E-state index contributed by atoms with van der Waals surface area (Å²) in [6, 6.07) is 10.5. The van der Waals surface area contributed by atoms with E-state index in [9.17, 15) is 27.6 Å². The number of carbonyl (C=O) groups excluding carboxylic acids is 3. The number of rotatable bonds is 8. The standard InChI is InChI=1S/C27H30F3N5O5/c1-2-39-23(36)17-34-13-11-33(12-14-34)15-20-16-35(26(38)40-20)19-9-7-18(8-10-19)24(31)32-25(37)21-5-3-4-6-22(21)27(28,29)30/h3-10,20H,2,11-17H2,1H3,(H2,31,32,37). The van der Waals surface area contributed by atoms with Crippen LogP contribution in [0.2, 0.25) is 0 Å². The summed E-state index contributed by atoms with van der Waals surface area (Å²) in [5, 5.41) is 10.3. The smallest absolute Gasteiger partial charge is 0.417 e. The average molecular weight is 562 g/mol. The van der Waals surface area contributed by atoms with Gasteiger partial charge in [0.25, 0.3) is 5.91 Å². The van der Waals surface area contributed by atoms with Gasteiger partial charge in [-0.25, -0.2) is 4.79 Å². The Morgan fingerprint density at radius 2 is 1.70 bits per heavy atom. The number of esters is 1. The van der Waals surface area contributed by atoms with E-state index in [1.165, 1.54) is 29.2 Å². The third kappa shape index (κ3) is 7.16. The first kappa shape index (κ1) is 29.0. The minimum atomic E-state index is -4.71. The van der Waals surface area contributed by atoms with E-state index in [2.05, 4.69) is 10.2 Å². The molecule has 2 N–H and O–H groups in total. The molecule has 0 aromatic heterocycles. The van der Waals surface area contributed by atoms with Crippen molar-refractivity contribution in [3.8, 4) is 0 Å². The van der Waals surface area contributed by atoms with E-state index in [4.69, 9.17) is 14.9 Å². The number of carbonyl (C=O) groups is 3. The van der Waals surface area contributed by atoms with E-state index >= 15 is 0 Å². The van der Waals surface area contributed by atoms with Crippen molar-refractivity contribution in [1.29, 1.82) is 5.41 Å². The molecule has 13 heteroatoms. The topological polar surface area (TPSA) is 115 Å². The van der Waals surface area contributed by atoms with Gasteiger partial charge in [0, 0.05) is 44.0 Å². The Balaban J connectivity index is 1.29. The van der Waals surface area contributed by atoms with Crippen molar-refractivity contribution in [3.63, 3.8) is 0 Å². The van der Waals surface area contributed by atoms with E-state index in [0.29, 0.717) is 38.5 Å². The largest absolute Gasteiger partial charge is 0.465 e. The van der Waals surface area contributed by atoms with Crippen LogP contribution < -0.4 is 10.2 Å². The number of amides is 2. The molecule has 4 rings (SSSR count). The first-order valence-electron chi connectivity index (χ1n) is 12.8. The second-order valence-corrected chi connectivity index (χ2v) is 9.42. The zero-order valence-electron chi connectivity index (χ0n) is 21.9. The Morgan fingerprint density at radius 1 is 1.05 bits per heavy atom. The van der Waals surface area contributed by atoms with E-state index < -0.39 is 29.3 Å². The van der Waals surface area contributed by atoms with Crippen molar-refractivity contribution in [2.24, 2.45) is 0 Å². The van der Waals surface area contributed by atoms with Crippen LogP contribution in [-0.4, -0.2) is 92.1 Å². The summed E-state index contributed by atoms with van der Waals surface area (Å²) in [6.07, 6.45) is -5.57. The SMILES string of the molecule is CCOC(=O)CN1CCN(CC2CN(c3ccc(C(=N)NC(=O)c4ccccc4C(F)(F)F)cc3)C(=O)O2)CC1. The van der Waals surface area contributed by atoms with Gasteiger partial charge in [0.1, 0.15) is 11.9 Å². The van der Waals surface area contributed by atoms with Gasteiger partial charge in [0.15, 0.2) is 0 Å². The molecule has 2 aliphatic heterocycles. The lowest BCUT2D eigenvalue weighted by molar-refractivity contribution is -0.145. The molecule has 2 aliphatic rings. The lowest BCUT2D eigenvalue weighted by Crippen LogP contribution is -2.50. The number of amidine groups is 1. The fourth-order valence-electron chi connectivity index (χ4n) is 4.62. The van der Waals surface area contributed by atoms with E-state index in [1.54, 1.807) is 19.1 Å². The number of nitrogens with one attached hydrogen (secondary N) is 2. The fourth-order valence-corrected chi connectivity index (χ4v) is 4.62. The summed E-state index contributed by atoms with van der Waals surface area (Å²) < 4.78 is 50.2. The molecule has 0 spiro atoms. The quantitative estimate of drug-likeness (QED) is 0.289. The predicted octanol–water partition coefficient (Wildman–Crippen LogP) is 2.97. The number of hydrogen-bond donors (Lipinski definition) is 2. The number of halogens is 3. The van der Waals surface area contributed by atoms with Crippen molar-refractivity contribution in [3.05, 3.63) is 65.2 Å². The molecule has 10 nitrogen and oxygen atoms in total. The number of piperazine rings is 1. The maximum atomic E-state index is 13.2. The van der Waals surface area contributed by atoms with E-state index in [1.807, 2.05) is 4.90 Å². The number of ether oxygens (including phenoxy) is 2. The molecule has 2 heterocycles. The van der Waals surface area contributed by atoms with Gasteiger partial charge in [-0.15, -0.1) is 0 Å². The highest BCUT2D eigenvalue weighted by molar-refractivity contribution is 6.12. The maximum Gasteiger partial charge on any atom is 0.417 e. The van der Waals surface area contributed by atoms with Crippen LogP contribution in [0.5, 0.6) is 0 Å². The van der Waals surface area contributed by atoms with Crippen LogP contribution >= 0.6 is 0 Å². The Morgan fingerprint density at radius 3 is 2.35 bits per heavy atom. The highest BCUT2D eigenvalue weighted by Crippen LogP contribution is 2.32. The van der Waals surface area contributed by atoms with Crippen LogP contribution in [-0.2, 0) is 20.4 Å². The Kier molecular flexibility index (Phi) is 9.05. The summed E-state index contributed by atoms with van der Waals surface area (Å²) in [5.74, 6) is -1.67. The van der Waals surface area contributed by atoms with Crippen LogP contribution in [0.15, 0.2) is 48.5 Å². The van der Waals surface area contributed by atoms with Gasteiger partial charge in [0.05, 0.1) is 30.8 Å². The number of benzene rings is 2. The zero-order valence-corrected chi connectivity index (χ0v) is 21.9. The number of cyclic esters (lactones) is 1. The van der Waals surface area contributed by atoms with Crippen molar-refractivity contribution in [2.45, 2.75) is 19.2 Å². The highest BCUT2D eigenvalue weighted by atomic mass is 19.4. The number of anilines is 1. The van der Waals surface area contributed by atoms with Crippen molar-refractivity contribution in [2.75, 3.05) is 57.3 Å². The number of alkyl halides is 3. The second kappa shape index (κ2) is 12.5. The summed E-state index contributed by atoms with van der Waals surface area (Å²) in [5.41, 5.74) is -0.887. The normalized spacial score (nSPS) is 18.4. The van der Waals surface area contributed by atoms with Gasteiger partial charge in [-0.3, -0.25) is 29.7 Å². The molecule has 0 bridgehead atoms. The molecule has 1 unspecified atom stereocenters. The van der Waals surface area contributed by atoms with E-state index in [-0.39, 0.29) is 30.0 Å². The summed E-state index contributed by atoms with van der Waals surface area (Å²) in [7, 11) is 0. The molecule has 2 fully saturated rings. The van der Waals surface area contributed by atoms with Crippen LogP contribution in [0.3, 0.4) is 0 Å². The van der Waals surface area contributed by atoms with Crippen molar-refractivity contribution < 1.29 is 37.0 Å². The lowest BCUT2D eigenvalue weighted by Gasteiger charge is -2.34. The highest BCUT2D eigenvalue weighted by Gasteiger charge is 2.36. The molecule has 0 radical (unpaired) electrons. The van der Waals surface area contributed by atoms with Gasteiger partial charge >= 0.3 is 18.2 Å². The summed E-state index contributed by atoms with van der Waals surface area (Å²) in [6.45, 7) is 6.10. The van der Waals surface area contributed by atoms with Gasteiger partial charge in [0.2, 0.25) is 0 Å². The van der Waals surface area contributed by atoms with Gasteiger partial charge in [-0.1, -0.05) is 12.1 Å². The fraction of sp³-hybridized carbons (Fsp3) is 0.407. The molecule has 2 aromatic carbocycles. The van der Waals surface area contributed by atoms with Gasteiger partial charge in [-0.2, -0.15) is 13.2 Å². The Hall–Kier alpha value is -3.97. The third-order valence-corrected chi connectivity index (χ3v) is 6.64. The first-order chi connectivity index (χ1) is 19.0. The average Bonchev–Trinajstić information content (AvgIpc) is 3.29. The van der Waals surface area contributed by atoms with E-state index in [0.717, 1.165) is 25.2 Å². The van der Waals surface area contributed by atoms with Crippen LogP contribution in [0, 0.1) is 5.41 Å².